The van der Waals surface area contributed by atoms with Crippen LogP contribution in [0.2, 0.25) is 0 Å². The summed E-state index contributed by atoms with van der Waals surface area (Å²) in [6.07, 6.45) is 0. The van der Waals surface area contributed by atoms with Gasteiger partial charge >= 0.3 is 0 Å². The van der Waals surface area contributed by atoms with E-state index in [1.54, 1.807) is 18.1 Å². The average molecular weight is 429 g/mol. The van der Waals surface area contributed by atoms with Crippen molar-refractivity contribution < 1.29 is 14.5 Å². The van der Waals surface area contributed by atoms with Gasteiger partial charge in [-0.3, -0.25) is 19.8 Å². The predicted octanol–water partition coefficient (Wildman–Crippen LogP) is 4.20. The predicted molar refractivity (Wildman–Crippen MR) is 119 cm³/mol. The van der Waals surface area contributed by atoms with E-state index in [0.717, 1.165) is 17.8 Å². The maximum absolute atomic E-state index is 13.4. The van der Waals surface area contributed by atoms with Gasteiger partial charge < -0.3 is 9.64 Å². The van der Waals surface area contributed by atoms with Crippen molar-refractivity contribution in [2.75, 3.05) is 38.2 Å². The number of non-ortho nitro benzene ring substituents is 1. The number of thiazole rings is 1. The van der Waals surface area contributed by atoms with Crippen LogP contribution < -0.4 is 9.64 Å². The Morgan fingerprint density at radius 3 is 2.57 bits per heavy atom. The molecular formula is C21H24N4O4S. The molecule has 2 aromatic carbocycles. The Bertz CT molecular complexity index is 1050. The topological polar surface area (TPSA) is 88.8 Å². The number of hydrogen-bond donors (Lipinski definition) is 0. The van der Waals surface area contributed by atoms with Crippen LogP contribution in [-0.2, 0) is 0 Å². The Morgan fingerprint density at radius 1 is 1.17 bits per heavy atom. The number of amides is 1. The van der Waals surface area contributed by atoms with Gasteiger partial charge in [-0.25, -0.2) is 4.98 Å². The SMILES string of the molecule is CCN(CC)CCN(C(=O)c1cccc([N+](=O)[O-])c1)c1nc2c(OC)cccc2s1. The van der Waals surface area contributed by atoms with Crippen LogP contribution >= 0.6 is 11.3 Å². The lowest BCUT2D eigenvalue weighted by Gasteiger charge is -2.24. The summed E-state index contributed by atoms with van der Waals surface area (Å²) in [5.74, 6) is 0.324. The van der Waals surface area contributed by atoms with Gasteiger partial charge in [0.1, 0.15) is 11.3 Å². The van der Waals surface area contributed by atoms with E-state index in [4.69, 9.17) is 4.74 Å². The number of para-hydroxylation sites is 1. The van der Waals surface area contributed by atoms with Crippen molar-refractivity contribution >= 4 is 38.3 Å². The number of anilines is 1. The van der Waals surface area contributed by atoms with Crippen LogP contribution in [0.3, 0.4) is 0 Å². The van der Waals surface area contributed by atoms with E-state index >= 15 is 0 Å². The van der Waals surface area contributed by atoms with Gasteiger partial charge in [-0.15, -0.1) is 0 Å². The summed E-state index contributed by atoms with van der Waals surface area (Å²) in [7, 11) is 1.58. The third kappa shape index (κ3) is 4.58. The molecule has 1 amide bonds. The Balaban J connectivity index is 2.01. The van der Waals surface area contributed by atoms with E-state index in [0.29, 0.717) is 29.5 Å². The molecule has 0 unspecified atom stereocenters. The summed E-state index contributed by atoms with van der Waals surface area (Å²) < 4.78 is 6.30. The minimum absolute atomic E-state index is 0.115. The molecule has 0 saturated heterocycles. The Kier molecular flexibility index (Phi) is 6.96. The molecule has 1 heterocycles. The van der Waals surface area contributed by atoms with Crippen molar-refractivity contribution in [3.63, 3.8) is 0 Å². The molecule has 0 atom stereocenters. The molecule has 158 valence electrons. The van der Waals surface area contributed by atoms with Crippen LogP contribution in [0.15, 0.2) is 42.5 Å². The van der Waals surface area contributed by atoms with Crippen LogP contribution in [0, 0.1) is 10.1 Å². The van der Waals surface area contributed by atoms with E-state index in [9.17, 15) is 14.9 Å². The van der Waals surface area contributed by atoms with Gasteiger partial charge in [0, 0.05) is 30.8 Å². The molecule has 0 fully saturated rings. The van der Waals surface area contributed by atoms with Gasteiger partial charge in [-0.05, 0) is 31.3 Å². The summed E-state index contributed by atoms with van der Waals surface area (Å²) >= 11 is 1.40. The van der Waals surface area contributed by atoms with Crippen LogP contribution in [0.25, 0.3) is 10.2 Å². The van der Waals surface area contributed by atoms with Crippen molar-refractivity contribution in [3.8, 4) is 5.75 Å². The summed E-state index contributed by atoms with van der Waals surface area (Å²) in [5, 5.41) is 11.7. The van der Waals surface area contributed by atoms with Gasteiger partial charge in [-0.2, -0.15) is 0 Å². The smallest absolute Gasteiger partial charge is 0.270 e. The standard InChI is InChI=1S/C21H24N4O4S/c1-4-23(5-2)12-13-24(20(26)15-8-6-9-16(14-15)25(27)28)21-22-19-17(29-3)10-7-11-18(19)30-21/h6-11,14H,4-5,12-13H2,1-3H3. The normalized spacial score (nSPS) is 11.1. The van der Waals surface area contributed by atoms with Crippen molar-refractivity contribution in [1.29, 1.82) is 0 Å². The molecule has 0 aliphatic rings. The van der Waals surface area contributed by atoms with Crippen molar-refractivity contribution in [2.45, 2.75) is 13.8 Å². The second-order valence-corrected chi connectivity index (χ2v) is 7.60. The molecule has 8 nitrogen and oxygen atoms in total. The van der Waals surface area contributed by atoms with Crippen LogP contribution in [0.5, 0.6) is 5.75 Å². The van der Waals surface area contributed by atoms with Crippen molar-refractivity contribution in [3.05, 3.63) is 58.1 Å². The summed E-state index contributed by atoms with van der Waals surface area (Å²) in [4.78, 5) is 32.5. The lowest BCUT2D eigenvalue weighted by molar-refractivity contribution is -0.384. The number of nitrogens with zero attached hydrogens (tertiary/aromatic N) is 4. The lowest BCUT2D eigenvalue weighted by atomic mass is 10.2. The first-order valence-corrected chi connectivity index (χ1v) is 10.5. The number of fused-ring (bicyclic) bond motifs is 1. The molecule has 3 aromatic rings. The Hall–Kier alpha value is -3.04. The van der Waals surface area contributed by atoms with E-state index in [1.807, 2.05) is 18.2 Å². The number of rotatable bonds is 9. The van der Waals surface area contributed by atoms with Crippen LogP contribution in [0.4, 0.5) is 10.8 Å². The molecule has 0 aliphatic heterocycles. The first-order chi connectivity index (χ1) is 14.5. The monoisotopic (exact) mass is 428 g/mol. The fraction of sp³-hybridized carbons (Fsp3) is 0.333. The molecular weight excluding hydrogens is 404 g/mol. The number of methoxy groups -OCH3 is 1. The lowest BCUT2D eigenvalue weighted by Crippen LogP contribution is -2.38. The Labute approximate surface area is 178 Å². The number of aromatic nitrogens is 1. The zero-order chi connectivity index (χ0) is 21.7. The summed E-state index contributed by atoms with van der Waals surface area (Å²) in [6, 6.07) is 11.4. The van der Waals surface area contributed by atoms with E-state index in [2.05, 4.69) is 23.7 Å². The molecule has 30 heavy (non-hydrogen) atoms. The van der Waals surface area contributed by atoms with Gasteiger partial charge in [0.25, 0.3) is 11.6 Å². The van der Waals surface area contributed by atoms with Crippen molar-refractivity contribution in [1.82, 2.24) is 9.88 Å². The molecule has 0 spiro atoms. The van der Waals surface area contributed by atoms with Gasteiger partial charge in [0.2, 0.25) is 0 Å². The average Bonchev–Trinajstić information content (AvgIpc) is 3.20. The first kappa shape index (κ1) is 21.7. The Morgan fingerprint density at radius 2 is 1.90 bits per heavy atom. The highest BCUT2D eigenvalue weighted by Gasteiger charge is 2.24. The number of benzene rings is 2. The van der Waals surface area contributed by atoms with E-state index in [1.165, 1.54) is 29.5 Å². The fourth-order valence-electron chi connectivity index (χ4n) is 3.17. The molecule has 0 aliphatic carbocycles. The molecule has 0 radical (unpaired) electrons. The molecule has 3 rings (SSSR count). The maximum Gasteiger partial charge on any atom is 0.270 e. The molecule has 1 aromatic heterocycles. The number of likely N-dealkylation sites (N-methyl/N-ethyl adjacent to an activating group) is 1. The highest BCUT2D eigenvalue weighted by Crippen LogP contribution is 2.34. The fourth-order valence-corrected chi connectivity index (χ4v) is 4.17. The third-order valence-corrected chi connectivity index (χ3v) is 5.95. The largest absolute Gasteiger partial charge is 0.494 e. The summed E-state index contributed by atoms with van der Waals surface area (Å²) in [5.41, 5.74) is 0.838. The zero-order valence-corrected chi connectivity index (χ0v) is 18.0. The number of carbonyl (C=O) groups is 1. The number of nitro benzene ring substituents is 1. The highest BCUT2D eigenvalue weighted by atomic mass is 32.1. The number of hydrogen-bond acceptors (Lipinski definition) is 7. The number of ether oxygens (including phenoxy) is 1. The maximum atomic E-state index is 13.4. The van der Waals surface area contributed by atoms with E-state index in [-0.39, 0.29) is 17.2 Å². The second kappa shape index (κ2) is 9.64. The van der Waals surface area contributed by atoms with Gasteiger partial charge in [-0.1, -0.05) is 37.3 Å². The number of nitro groups is 1. The molecule has 0 bridgehead atoms. The second-order valence-electron chi connectivity index (χ2n) is 6.59. The first-order valence-electron chi connectivity index (χ1n) is 9.70. The minimum Gasteiger partial charge on any atom is -0.494 e. The van der Waals surface area contributed by atoms with Crippen LogP contribution in [-0.4, -0.2) is 54.0 Å². The minimum atomic E-state index is -0.500. The van der Waals surface area contributed by atoms with E-state index < -0.39 is 4.92 Å². The summed E-state index contributed by atoms with van der Waals surface area (Å²) in [6.45, 7) is 6.95. The van der Waals surface area contributed by atoms with Crippen LogP contribution in [0.1, 0.15) is 24.2 Å². The quantitative estimate of drug-likeness (QED) is 0.375. The van der Waals surface area contributed by atoms with Gasteiger partial charge in [0.15, 0.2) is 5.13 Å². The molecule has 0 saturated carbocycles. The molecule has 9 heteroatoms. The van der Waals surface area contributed by atoms with Gasteiger partial charge in [0.05, 0.1) is 16.7 Å². The van der Waals surface area contributed by atoms with Crippen molar-refractivity contribution in [2.24, 2.45) is 0 Å². The number of carbonyl (C=O) groups excluding carboxylic acids is 1. The molecule has 0 N–H and O–H groups in total. The highest BCUT2D eigenvalue weighted by molar-refractivity contribution is 7.22. The third-order valence-electron chi connectivity index (χ3n) is 4.90. The zero-order valence-electron chi connectivity index (χ0n) is 17.2.